The van der Waals surface area contributed by atoms with Gasteiger partial charge in [0.25, 0.3) is 0 Å². The zero-order valence-electron chi connectivity index (χ0n) is 11.5. The van der Waals surface area contributed by atoms with E-state index in [0.717, 1.165) is 17.1 Å². The quantitative estimate of drug-likeness (QED) is 0.813. The molecule has 100 valence electrons. The van der Waals surface area contributed by atoms with E-state index in [2.05, 4.69) is 55.4 Å². The molecule has 2 heterocycles. The van der Waals surface area contributed by atoms with Crippen LogP contribution in [-0.2, 0) is 0 Å². The number of rotatable bonds is 2. The number of ether oxygens (including phenoxy) is 2. The van der Waals surface area contributed by atoms with Crippen molar-refractivity contribution in [1.82, 2.24) is 9.80 Å². The lowest BCUT2D eigenvalue weighted by Gasteiger charge is -2.28. The summed E-state index contributed by atoms with van der Waals surface area (Å²) in [6.45, 7) is 2.47. The fourth-order valence-electron chi connectivity index (χ4n) is 2.64. The van der Waals surface area contributed by atoms with E-state index in [0.29, 0.717) is 6.79 Å². The molecule has 1 aromatic rings. The van der Waals surface area contributed by atoms with Gasteiger partial charge in [-0.2, -0.15) is 0 Å². The molecule has 0 aliphatic carbocycles. The summed E-state index contributed by atoms with van der Waals surface area (Å²) >= 11 is 0. The van der Waals surface area contributed by atoms with Gasteiger partial charge in [-0.25, -0.2) is 0 Å². The molecule has 0 radical (unpaired) electrons. The van der Waals surface area contributed by atoms with Crippen LogP contribution in [0, 0.1) is 0 Å². The van der Waals surface area contributed by atoms with Gasteiger partial charge < -0.3 is 19.3 Å². The van der Waals surface area contributed by atoms with Crippen LogP contribution in [0.3, 0.4) is 0 Å². The monoisotopic (exact) mass is 258 g/mol. The Balaban J connectivity index is 1.85. The Bertz CT molecular complexity index is 539. The third-order valence-corrected chi connectivity index (χ3v) is 3.51. The first-order chi connectivity index (χ1) is 9.15. The Labute approximate surface area is 113 Å². The van der Waals surface area contributed by atoms with E-state index in [4.69, 9.17) is 9.47 Å². The summed E-state index contributed by atoms with van der Waals surface area (Å²) in [6.07, 6.45) is 6.64. The molecule has 3 rings (SSSR count). The van der Waals surface area contributed by atoms with Crippen molar-refractivity contribution >= 4 is 6.08 Å². The van der Waals surface area contributed by atoms with Gasteiger partial charge in [0.2, 0.25) is 6.79 Å². The van der Waals surface area contributed by atoms with Crippen LogP contribution < -0.4 is 9.47 Å². The van der Waals surface area contributed by atoms with Gasteiger partial charge in [0.1, 0.15) is 6.17 Å². The number of likely N-dealkylation sites (N-methyl/N-ethyl adjacent to an activating group) is 2. The molecule has 0 aromatic heterocycles. The van der Waals surface area contributed by atoms with Gasteiger partial charge in [-0.15, -0.1) is 0 Å². The molecular formula is C15H18N2O2. The summed E-state index contributed by atoms with van der Waals surface area (Å²) in [5, 5.41) is 0. The Morgan fingerprint density at radius 1 is 1.16 bits per heavy atom. The Hall–Kier alpha value is -2.10. The second-order valence-corrected chi connectivity index (χ2v) is 5.00. The average molecular weight is 258 g/mol. The van der Waals surface area contributed by atoms with Gasteiger partial charge >= 0.3 is 0 Å². The van der Waals surface area contributed by atoms with Crippen molar-refractivity contribution in [2.45, 2.75) is 13.1 Å². The lowest BCUT2D eigenvalue weighted by molar-refractivity contribution is 0.174. The minimum absolute atomic E-state index is 0.283. The summed E-state index contributed by atoms with van der Waals surface area (Å²) in [6, 6.07) is 6.04. The molecule has 19 heavy (non-hydrogen) atoms. The maximum atomic E-state index is 5.40. The van der Waals surface area contributed by atoms with E-state index in [-0.39, 0.29) is 6.17 Å². The van der Waals surface area contributed by atoms with Gasteiger partial charge in [-0.3, -0.25) is 0 Å². The van der Waals surface area contributed by atoms with E-state index < -0.39 is 0 Å². The minimum atomic E-state index is 0.283. The summed E-state index contributed by atoms with van der Waals surface area (Å²) in [4.78, 5) is 4.39. The highest BCUT2D eigenvalue weighted by atomic mass is 16.7. The molecule has 1 aromatic carbocycles. The molecule has 0 atom stereocenters. The van der Waals surface area contributed by atoms with Crippen LogP contribution in [0.4, 0.5) is 0 Å². The van der Waals surface area contributed by atoms with Crippen LogP contribution >= 0.6 is 0 Å². The van der Waals surface area contributed by atoms with E-state index in [1.807, 2.05) is 12.1 Å². The topological polar surface area (TPSA) is 24.9 Å². The molecule has 0 saturated heterocycles. The molecule has 0 amide bonds. The molecule has 0 spiro atoms. The summed E-state index contributed by atoms with van der Waals surface area (Å²) in [7, 11) is 4.17. The first-order valence-electron chi connectivity index (χ1n) is 6.35. The van der Waals surface area contributed by atoms with E-state index in [1.54, 1.807) is 0 Å². The number of nitrogens with zero attached hydrogens (tertiary/aromatic N) is 2. The van der Waals surface area contributed by atoms with Gasteiger partial charge in [-0.1, -0.05) is 12.1 Å². The zero-order valence-corrected chi connectivity index (χ0v) is 11.5. The molecule has 0 saturated carbocycles. The molecule has 2 aliphatic heterocycles. The van der Waals surface area contributed by atoms with Crippen LogP contribution in [0.5, 0.6) is 11.5 Å². The highest BCUT2D eigenvalue weighted by Crippen LogP contribution is 2.33. The molecule has 2 aliphatic rings. The van der Waals surface area contributed by atoms with Crippen molar-refractivity contribution in [2.24, 2.45) is 0 Å². The van der Waals surface area contributed by atoms with Crippen molar-refractivity contribution in [3.63, 3.8) is 0 Å². The fourth-order valence-corrected chi connectivity index (χ4v) is 2.64. The predicted molar refractivity (Wildman–Crippen MR) is 74.7 cm³/mol. The zero-order chi connectivity index (χ0) is 13.4. The predicted octanol–water partition coefficient (Wildman–Crippen LogP) is 2.49. The number of fused-ring (bicyclic) bond motifs is 1. The van der Waals surface area contributed by atoms with Gasteiger partial charge in [0.05, 0.1) is 0 Å². The summed E-state index contributed by atoms with van der Waals surface area (Å²) < 4.78 is 10.7. The minimum Gasteiger partial charge on any atom is -0.454 e. The van der Waals surface area contributed by atoms with Crippen molar-refractivity contribution in [1.29, 1.82) is 0 Å². The molecule has 4 heteroatoms. The number of benzene rings is 1. The highest BCUT2D eigenvalue weighted by Gasteiger charge is 2.22. The van der Waals surface area contributed by atoms with E-state index >= 15 is 0 Å². The van der Waals surface area contributed by atoms with E-state index in [1.165, 1.54) is 5.57 Å². The second-order valence-electron chi connectivity index (χ2n) is 5.00. The lowest BCUT2D eigenvalue weighted by Crippen LogP contribution is -2.34. The third kappa shape index (κ3) is 2.14. The van der Waals surface area contributed by atoms with Crippen LogP contribution in [-0.4, -0.2) is 36.9 Å². The largest absolute Gasteiger partial charge is 0.454 e. The van der Waals surface area contributed by atoms with Gasteiger partial charge in [-0.05, 0) is 30.2 Å². The molecule has 0 bridgehead atoms. The molecular weight excluding hydrogens is 240 g/mol. The maximum absolute atomic E-state index is 5.40. The first-order valence-corrected chi connectivity index (χ1v) is 6.35. The molecule has 0 unspecified atom stereocenters. The highest BCUT2D eigenvalue weighted by molar-refractivity contribution is 5.59. The normalized spacial score (nSPS) is 18.6. The fraction of sp³-hybridized carbons (Fsp3) is 0.333. The van der Waals surface area contributed by atoms with Crippen molar-refractivity contribution in [2.75, 3.05) is 20.9 Å². The van der Waals surface area contributed by atoms with Crippen LogP contribution in [0.1, 0.15) is 12.5 Å². The number of hydrogen-bond donors (Lipinski definition) is 0. The lowest BCUT2D eigenvalue weighted by atomic mass is 10.1. The van der Waals surface area contributed by atoms with Crippen LogP contribution in [0.2, 0.25) is 0 Å². The smallest absolute Gasteiger partial charge is 0.231 e. The standard InChI is InChI=1S/C15H18N2O2/c1-11(15-16(2)6-7-17(15)3)8-12-4-5-13-14(9-12)19-10-18-13/h4-9,15H,10H2,1-3H3. The molecule has 0 N–H and O–H groups in total. The Morgan fingerprint density at radius 3 is 2.58 bits per heavy atom. The van der Waals surface area contributed by atoms with Crippen molar-refractivity contribution in [3.05, 3.63) is 41.7 Å². The summed E-state index contributed by atoms with van der Waals surface area (Å²) in [5.41, 5.74) is 2.42. The van der Waals surface area contributed by atoms with Crippen molar-refractivity contribution < 1.29 is 9.47 Å². The van der Waals surface area contributed by atoms with Crippen molar-refractivity contribution in [3.8, 4) is 11.5 Å². The second kappa shape index (κ2) is 4.53. The van der Waals surface area contributed by atoms with E-state index in [9.17, 15) is 0 Å². The van der Waals surface area contributed by atoms with Crippen LogP contribution in [0.25, 0.3) is 6.08 Å². The van der Waals surface area contributed by atoms with Crippen LogP contribution in [0.15, 0.2) is 36.2 Å². The molecule has 0 fully saturated rings. The molecule has 4 nitrogen and oxygen atoms in total. The van der Waals surface area contributed by atoms with Gasteiger partial charge in [0, 0.05) is 26.5 Å². The average Bonchev–Trinajstić information content (AvgIpc) is 2.95. The number of hydrogen-bond acceptors (Lipinski definition) is 4. The Kier molecular flexibility index (Phi) is 2.85. The van der Waals surface area contributed by atoms with Gasteiger partial charge in [0.15, 0.2) is 11.5 Å². The Morgan fingerprint density at radius 2 is 1.84 bits per heavy atom. The SMILES string of the molecule is CC(=Cc1ccc2c(c1)OCO2)C1N(C)C=CN1C. The third-order valence-electron chi connectivity index (χ3n) is 3.51. The maximum Gasteiger partial charge on any atom is 0.231 e. The summed E-state index contributed by atoms with van der Waals surface area (Å²) in [5.74, 6) is 1.65. The first kappa shape index (κ1) is 12.0.